The van der Waals surface area contributed by atoms with Gasteiger partial charge >= 0.3 is 6.03 Å². The van der Waals surface area contributed by atoms with Crippen LogP contribution in [0.5, 0.6) is 0 Å². The van der Waals surface area contributed by atoms with Crippen LogP contribution in [-0.2, 0) is 10.8 Å². The molecule has 2 aliphatic rings. The van der Waals surface area contributed by atoms with Gasteiger partial charge < -0.3 is 4.90 Å². The van der Waals surface area contributed by atoms with Crippen LogP contribution >= 0.6 is 11.5 Å². The van der Waals surface area contributed by atoms with E-state index < -0.39 is 10.8 Å². The molecule has 0 aromatic carbocycles. The number of amides is 2. The lowest BCUT2D eigenvalue weighted by Gasteiger charge is -2.21. The summed E-state index contributed by atoms with van der Waals surface area (Å²) >= 11 is 1.24. The second-order valence-corrected chi connectivity index (χ2v) is 7.90. The number of carbonyl (C=O) groups excluding carboxylic acids is 1. The van der Waals surface area contributed by atoms with Crippen LogP contribution in [0, 0.1) is 5.92 Å². The number of nitrogens with zero attached hydrogens (tertiary/aromatic N) is 3. The summed E-state index contributed by atoms with van der Waals surface area (Å²) in [5.41, 5.74) is 0. The maximum Gasteiger partial charge on any atom is 0.323 e. The minimum absolute atomic E-state index is 0.158. The second-order valence-electron chi connectivity index (χ2n) is 5.52. The molecule has 1 aromatic heterocycles. The zero-order valence-corrected chi connectivity index (χ0v) is 13.0. The number of hydrogen-bond donors (Lipinski definition) is 1. The summed E-state index contributed by atoms with van der Waals surface area (Å²) in [6.45, 7) is 3.21. The molecule has 1 aromatic rings. The highest BCUT2D eigenvalue weighted by molar-refractivity contribution is 7.85. The molecular weight excluding hydrogens is 296 g/mol. The van der Waals surface area contributed by atoms with Crippen molar-refractivity contribution in [1.29, 1.82) is 0 Å². The SMILES string of the molecule is CC1CN(C(=O)Nc2nc(C3CC3)ns2)CCS(=O)C1. The van der Waals surface area contributed by atoms with E-state index in [9.17, 15) is 9.00 Å². The van der Waals surface area contributed by atoms with Gasteiger partial charge in [0.05, 0.1) is 0 Å². The Hall–Kier alpha value is -1.02. The van der Waals surface area contributed by atoms with Crippen molar-refractivity contribution in [3.8, 4) is 0 Å². The molecule has 1 aliphatic carbocycles. The maximum atomic E-state index is 12.2. The van der Waals surface area contributed by atoms with Crippen LogP contribution in [0.15, 0.2) is 0 Å². The van der Waals surface area contributed by atoms with E-state index in [0.29, 0.717) is 35.6 Å². The van der Waals surface area contributed by atoms with Crippen molar-refractivity contribution in [1.82, 2.24) is 14.3 Å². The first-order chi connectivity index (χ1) is 9.61. The second kappa shape index (κ2) is 5.77. The van der Waals surface area contributed by atoms with Crippen molar-refractivity contribution in [3.63, 3.8) is 0 Å². The molecular formula is C12H18N4O2S2. The quantitative estimate of drug-likeness (QED) is 0.900. The molecule has 3 rings (SSSR count). The van der Waals surface area contributed by atoms with E-state index in [-0.39, 0.29) is 11.9 Å². The van der Waals surface area contributed by atoms with Crippen molar-refractivity contribution in [2.75, 3.05) is 29.9 Å². The molecule has 0 radical (unpaired) electrons. The van der Waals surface area contributed by atoms with Crippen molar-refractivity contribution >= 4 is 33.5 Å². The van der Waals surface area contributed by atoms with Crippen molar-refractivity contribution < 1.29 is 9.00 Å². The van der Waals surface area contributed by atoms with Gasteiger partial charge in [-0.3, -0.25) is 9.53 Å². The third-order valence-electron chi connectivity index (χ3n) is 3.48. The van der Waals surface area contributed by atoms with E-state index in [0.717, 1.165) is 18.7 Å². The van der Waals surface area contributed by atoms with Crippen LogP contribution in [0.1, 0.15) is 31.5 Å². The highest BCUT2D eigenvalue weighted by atomic mass is 32.2. The van der Waals surface area contributed by atoms with Crippen molar-refractivity contribution in [2.24, 2.45) is 5.92 Å². The highest BCUT2D eigenvalue weighted by Gasteiger charge is 2.28. The van der Waals surface area contributed by atoms with Crippen LogP contribution in [0.4, 0.5) is 9.93 Å². The molecule has 2 fully saturated rings. The van der Waals surface area contributed by atoms with Crippen LogP contribution < -0.4 is 5.32 Å². The topological polar surface area (TPSA) is 75.2 Å². The summed E-state index contributed by atoms with van der Waals surface area (Å²) in [6, 6.07) is -0.158. The van der Waals surface area contributed by atoms with Crippen LogP contribution in [-0.4, -0.2) is 49.1 Å². The largest absolute Gasteiger partial charge is 0.323 e. The number of rotatable bonds is 2. The van der Waals surface area contributed by atoms with E-state index in [1.165, 1.54) is 11.5 Å². The average molecular weight is 314 g/mol. The van der Waals surface area contributed by atoms with Crippen LogP contribution in [0.25, 0.3) is 0 Å². The lowest BCUT2D eigenvalue weighted by Crippen LogP contribution is -2.38. The number of aromatic nitrogens is 2. The molecule has 2 heterocycles. The molecule has 2 unspecified atom stereocenters. The van der Waals surface area contributed by atoms with Gasteiger partial charge in [0.25, 0.3) is 0 Å². The van der Waals surface area contributed by atoms with Gasteiger partial charge in [0, 0.05) is 52.8 Å². The number of carbonyl (C=O) groups is 1. The molecule has 110 valence electrons. The zero-order valence-electron chi connectivity index (χ0n) is 11.4. The van der Waals surface area contributed by atoms with E-state index in [1.54, 1.807) is 4.90 Å². The number of hydrogen-bond acceptors (Lipinski definition) is 5. The van der Waals surface area contributed by atoms with Gasteiger partial charge in [-0.1, -0.05) is 6.92 Å². The monoisotopic (exact) mass is 314 g/mol. The van der Waals surface area contributed by atoms with Crippen molar-refractivity contribution in [3.05, 3.63) is 5.82 Å². The van der Waals surface area contributed by atoms with Crippen LogP contribution in [0.3, 0.4) is 0 Å². The molecule has 2 amide bonds. The fourth-order valence-electron chi connectivity index (χ4n) is 2.28. The summed E-state index contributed by atoms with van der Waals surface area (Å²) in [6.07, 6.45) is 2.30. The van der Waals surface area contributed by atoms with E-state index in [4.69, 9.17) is 0 Å². The van der Waals surface area contributed by atoms with E-state index in [2.05, 4.69) is 14.7 Å². The number of anilines is 1. The molecule has 2 atom stereocenters. The Morgan fingerprint density at radius 1 is 1.50 bits per heavy atom. The summed E-state index contributed by atoms with van der Waals surface area (Å²) in [5.74, 6) is 2.85. The van der Waals surface area contributed by atoms with Crippen molar-refractivity contribution in [2.45, 2.75) is 25.7 Å². The van der Waals surface area contributed by atoms with Gasteiger partial charge in [-0.15, -0.1) is 0 Å². The summed E-state index contributed by atoms with van der Waals surface area (Å²) in [5, 5.41) is 3.38. The predicted molar refractivity (Wildman–Crippen MR) is 79.5 cm³/mol. The standard InChI is InChI=1S/C12H18N4O2S2/c1-8-6-16(4-5-20(18)7-8)12(17)14-11-13-10(15-19-11)9-2-3-9/h8-9H,2-7H2,1H3,(H,13,14,15,17). The lowest BCUT2D eigenvalue weighted by molar-refractivity contribution is 0.210. The average Bonchev–Trinajstić information content (AvgIpc) is 3.17. The Morgan fingerprint density at radius 3 is 3.05 bits per heavy atom. The highest BCUT2D eigenvalue weighted by Crippen LogP contribution is 2.39. The Kier molecular flexibility index (Phi) is 4.02. The molecule has 1 N–H and O–H groups in total. The molecule has 1 aliphatic heterocycles. The first-order valence-electron chi connectivity index (χ1n) is 6.86. The first kappa shape index (κ1) is 13.9. The fraction of sp³-hybridized carbons (Fsp3) is 0.750. The maximum absolute atomic E-state index is 12.2. The Morgan fingerprint density at radius 2 is 2.30 bits per heavy atom. The van der Waals surface area contributed by atoms with Crippen LogP contribution in [0.2, 0.25) is 0 Å². The molecule has 8 heteroatoms. The molecule has 0 spiro atoms. The summed E-state index contributed by atoms with van der Waals surface area (Å²) < 4.78 is 15.9. The first-order valence-corrected chi connectivity index (χ1v) is 9.12. The Bertz CT molecular complexity index is 529. The third-order valence-corrected chi connectivity index (χ3v) is 5.70. The molecule has 1 saturated heterocycles. The van der Waals surface area contributed by atoms with Gasteiger partial charge in [0.1, 0.15) is 5.82 Å². The van der Waals surface area contributed by atoms with E-state index in [1.807, 2.05) is 6.92 Å². The zero-order chi connectivity index (χ0) is 14.1. The fourth-order valence-corrected chi connectivity index (χ4v) is 4.25. The Labute approximate surface area is 124 Å². The molecule has 20 heavy (non-hydrogen) atoms. The number of nitrogens with one attached hydrogen (secondary N) is 1. The van der Waals surface area contributed by atoms with Gasteiger partial charge in [-0.05, 0) is 18.8 Å². The molecule has 6 nitrogen and oxygen atoms in total. The van der Waals surface area contributed by atoms with E-state index >= 15 is 0 Å². The normalized spacial score (nSPS) is 27.1. The number of urea groups is 1. The molecule has 1 saturated carbocycles. The van der Waals surface area contributed by atoms with Gasteiger partial charge in [-0.2, -0.15) is 4.37 Å². The lowest BCUT2D eigenvalue weighted by atomic mass is 10.2. The third kappa shape index (κ3) is 3.35. The summed E-state index contributed by atoms with van der Waals surface area (Å²) in [4.78, 5) is 18.3. The minimum atomic E-state index is -0.812. The summed E-state index contributed by atoms with van der Waals surface area (Å²) in [7, 11) is -0.812. The smallest absolute Gasteiger partial charge is 0.323 e. The van der Waals surface area contributed by atoms with Gasteiger partial charge in [0.15, 0.2) is 0 Å². The van der Waals surface area contributed by atoms with Gasteiger partial charge in [-0.25, -0.2) is 9.78 Å². The predicted octanol–water partition coefficient (Wildman–Crippen LogP) is 1.65. The van der Waals surface area contributed by atoms with Gasteiger partial charge in [0.2, 0.25) is 5.13 Å². The molecule has 0 bridgehead atoms. The minimum Gasteiger partial charge on any atom is -0.323 e. The Balaban J connectivity index is 1.60.